The van der Waals surface area contributed by atoms with Gasteiger partial charge in [0.15, 0.2) is 0 Å². The summed E-state index contributed by atoms with van der Waals surface area (Å²) < 4.78 is 0. The Balaban J connectivity index is 1.70. The van der Waals surface area contributed by atoms with E-state index in [1.54, 1.807) is 12.1 Å². The molecule has 0 fully saturated rings. The number of carbonyl (C=O) groups excluding carboxylic acids is 1. The van der Waals surface area contributed by atoms with Crippen molar-refractivity contribution in [3.8, 4) is 6.07 Å². The molecule has 0 bridgehead atoms. The van der Waals surface area contributed by atoms with Crippen LogP contribution < -0.4 is 5.32 Å². The Morgan fingerprint density at radius 2 is 1.56 bits per heavy atom. The third kappa shape index (κ3) is 5.20. The normalized spacial score (nSPS) is 11.4. The SMILES string of the molecule is N#Cc1ccc(CCC(=O)NC(c2ccccc2)c2ccc(Cl)cc2)cc1. The van der Waals surface area contributed by atoms with Gasteiger partial charge >= 0.3 is 0 Å². The van der Waals surface area contributed by atoms with Crippen LogP contribution in [0.25, 0.3) is 0 Å². The predicted octanol–water partition coefficient (Wildman–Crippen LogP) is 5.05. The van der Waals surface area contributed by atoms with E-state index >= 15 is 0 Å². The van der Waals surface area contributed by atoms with Gasteiger partial charge in [-0.15, -0.1) is 0 Å². The molecule has 3 nitrogen and oxygen atoms in total. The lowest BCUT2D eigenvalue weighted by molar-refractivity contribution is -0.121. The molecule has 0 aliphatic heterocycles. The van der Waals surface area contributed by atoms with Crippen LogP contribution >= 0.6 is 11.6 Å². The molecule has 1 unspecified atom stereocenters. The van der Waals surface area contributed by atoms with Crippen molar-refractivity contribution in [1.29, 1.82) is 5.26 Å². The summed E-state index contributed by atoms with van der Waals surface area (Å²) in [5, 5.41) is 12.6. The van der Waals surface area contributed by atoms with Crippen LogP contribution in [0, 0.1) is 11.3 Å². The highest BCUT2D eigenvalue weighted by atomic mass is 35.5. The maximum atomic E-state index is 12.6. The summed E-state index contributed by atoms with van der Waals surface area (Å²) in [4.78, 5) is 12.6. The van der Waals surface area contributed by atoms with Crippen molar-refractivity contribution >= 4 is 17.5 Å². The molecular formula is C23H19ClN2O. The molecule has 27 heavy (non-hydrogen) atoms. The zero-order valence-corrected chi connectivity index (χ0v) is 15.5. The molecule has 3 aromatic carbocycles. The molecule has 0 aliphatic carbocycles. The molecule has 1 atom stereocenters. The van der Waals surface area contributed by atoms with Crippen LogP contribution in [-0.2, 0) is 11.2 Å². The highest BCUT2D eigenvalue weighted by molar-refractivity contribution is 6.30. The lowest BCUT2D eigenvalue weighted by atomic mass is 9.98. The number of hydrogen-bond donors (Lipinski definition) is 1. The number of carbonyl (C=O) groups is 1. The van der Waals surface area contributed by atoms with Crippen molar-refractivity contribution in [2.45, 2.75) is 18.9 Å². The standard InChI is InChI=1S/C23H19ClN2O/c24-21-13-11-20(12-14-21)23(19-4-2-1-3-5-19)26-22(27)15-10-17-6-8-18(16-25)9-7-17/h1-9,11-14,23H,10,15H2,(H,26,27). The minimum absolute atomic E-state index is 0.0248. The van der Waals surface area contributed by atoms with Gasteiger partial charge in [-0.1, -0.05) is 66.2 Å². The summed E-state index contributed by atoms with van der Waals surface area (Å²) in [5.74, 6) is -0.0248. The maximum absolute atomic E-state index is 12.6. The van der Waals surface area contributed by atoms with Crippen molar-refractivity contribution in [2.75, 3.05) is 0 Å². The minimum Gasteiger partial charge on any atom is -0.345 e. The third-order valence-electron chi connectivity index (χ3n) is 4.37. The average Bonchev–Trinajstić information content (AvgIpc) is 2.72. The summed E-state index contributed by atoms with van der Waals surface area (Å²) in [5.41, 5.74) is 3.66. The molecule has 3 aromatic rings. The highest BCUT2D eigenvalue weighted by Crippen LogP contribution is 2.23. The van der Waals surface area contributed by atoms with E-state index in [4.69, 9.17) is 16.9 Å². The fraction of sp³-hybridized carbons (Fsp3) is 0.130. The molecule has 0 heterocycles. The fourth-order valence-electron chi connectivity index (χ4n) is 2.90. The van der Waals surface area contributed by atoms with Crippen molar-refractivity contribution in [1.82, 2.24) is 5.32 Å². The Bertz CT molecular complexity index is 929. The van der Waals surface area contributed by atoms with E-state index in [1.165, 1.54) is 0 Å². The Hall–Kier alpha value is -3.09. The van der Waals surface area contributed by atoms with Gasteiger partial charge in [-0.2, -0.15) is 5.26 Å². The first-order valence-corrected chi connectivity index (χ1v) is 9.12. The van der Waals surface area contributed by atoms with Gasteiger partial charge in [-0.25, -0.2) is 0 Å². The molecule has 4 heteroatoms. The predicted molar refractivity (Wildman–Crippen MR) is 107 cm³/mol. The number of amides is 1. The Kier molecular flexibility index (Phi) is 6.25. The third-order valence-corrected chi connectivity index (χ3v) is 4.62. The van der Waals surface area contributed by atoms with E-state index in [0.717, 1.165) is 16.7 Å². The zero-order valence-electron chi connectivity index (χ0n) is 14.7. The summed E-state index contributed by atoms with van der Waals surface area (Å²) in [6.07, 6.45) is 1.00. The van der Waals surface area contributed by atoms with Crippen molar-refractivity contribution in [3.63, 3.8) is 0 Å². The van der Waals surface area contributed by atoms with Gasteiger partial charge in [0, 0.05) is 11.4 Å². The lowest BCUT2D eigenvalue weighted by Gasteiger charge is -2.20. The maximum Gasteiger partial charge on any atom is 0.221 e. The smallest absolute Gasteiger partial charge is 0.221 e. The zero-order chi connectivity index (χ0) is 19.1. The Labute approximate surface area is 164 Å². The molecule has 0 radical (unpaired) electrons. The summed E-state index contributed by atoms with van der Waals surface area (Å²) >= 11 is 6.00. The molecule has 3 rings (SSSR count). The lowest BCUT2D eigenvalue weighted by Crippen LogP contribution is -2.29. The number of nitrogens with zero attached hydrogens (tertiary/aromatic N) is 1. The molecule has 1 amide bonds. The number of rotatable bonds is 6. The summed E-state index contributed by atoms with van der Waals surface area (Å²) in [6.45, 7) is 0. The second-order valence-corrected chi connectivity index (χ2v) is 6.71. The van der Waals surface area contributed by atoms with Crippen LogP contribution in [-0.4, -0.2) is 5.91 Å². The largest absolute Gasteiger partial charge is 0.345 e. The number of nitriles is 1. The highest BCUT2D eigenvalue weighted by Gasteiger charge is 2.16. The van der Waals surface area contributed by atoms with Gasteiger partial charge in [0.25, 0.3) is 0 Å². The van der Waals surface area contributed by atoms with E-state index in [9.17, 15) is 4.79 Å². The molecule has 0 aliphatic rings. The number of halogens is 1. The Morgan fingerprint density at radius 1 is 0.926 bits per heavy atom. The molecule has 134 valence electrons. The van der Waals surface area contributed by atoms with Crippen molar-refractivity contribution in [3.05, 3.63) is 106 Å². The van der Waals surface area contributed by atoms with Gasteiger partial charge in [-0.3, -0.25) is 4.79 Å². The van der Waals surface area contributed by atoms with Gasteiger partial charge in [-0.05, 0) is 47.4 Å². The van der Waals surface area contributed by atoms with Crippen LogP contribution in [0.2, 0.25) is 5.02 Å². The molecular weight excluding hydrogens is 356 g/mol. The first-order valence-electron chi connectivity index (χ1n) is 8.74. The fourth-order valence-corrected chi connectivity index (χ4v) is 3.02. The monoisotopic (exact) mass is 374 g/mol. The average molecular weight is 375 g/mol. The van der Waals surface area contributed by atoms with Gasteiger partial charge in [0.1, 0.15) is 0 Å². The van der Waals surface area contributed by atoms with Gasteiger partial charge < -0.3 is 5.32 Å². The molecule has 0 saturated carbocycles. The number of nitrogens with one attached hydrogen (secondary N) is 1. The Morgan fingerprint density at radius 3 is 2.19 bits per heavy atom. The second-order valence-electron chi connectivity index (χ2n) is 6.27. The molecule has 0 aromatic heterocycles. The quantitative estimate of drug-likeness (QED) is 0.656. The molecule has 0 spiro atoms. The summed E-state index contributed by atoms with van der Waals surface area (Å²) in [6, 6.07) is 26.6. The number of aryl methyl sites for hydroxylation is 1. The topological polar surface area (TPSA) is 52.9 Å². The van der Waals surface area contributed by atoms with E-state index in [-0.39, 0.29) is 11.9 Å². The van der Waals surface area contributed by atoms with Crippen molar-refractivity contribution < 1.29 is 4.79 Å². The number of benzene rings is 3. The number of hydrogen-bond acceptors (Lipinski definition) is 2. The minimum atomic E-state index is -0.225. The van der Waals surface area contributed by atoms with Crippen LogP contribution in [0.15, 0.2) is 78.9 Å². The first-order chi connectivity index (χ1) is 13.2. The van der Waals surface area contributed by atoms with Crippen LogP contribution in [0.3, 0.4) is 0 Å². The van der Waals surface area contributed by atoms with Crippen LogP contribution in [0.4, 0.5) is 0 Å². The first kappa shape index (κ1) is 18.7. The van der Waals surface area contributed by atoms with Crippen LogP contribution in [0.5, 0.6) is 0 Å². The van der Waals surface area contributed by atoms with Gasteiger partial charge in [0.05, 0.1) is 17.7 Å². The second kappa shape index (κ2) is 9.02. The van der Waals surface area contributed by atoms with E-state index in [0.29, 0.717) is 23.4 Å². The summed E-state index contributed by atoms with van der Waals surface area (Å²) in [7, 11) is 0. The van der Waals surface area contributed by atoms with E-state index in [2.05, 4.69) is 11.4 Å². The molecule has 1 N–H and O–H groups in total. The molecule has 0 saturated heterocycles. The van der Waals surface area contributed by atoms with Crippen molar-refractivity contribution in [2.24, 2.45) is 0 Å². The van der Waals surface area contributed by atoms with E-state index in [1.807, 2.05) is 66.7 Å². The van der Waals surface area contributed by atoms with Crippen LogP contribution in [0.1, 0.15) is 34.7 Å². The van der Waals surface area contributed by atoms with E-state index < -0.39 is 0 Å². The van der Waals surface area contributed by atoms with Gasteiger partial charge in [0.2, 0.25) is 5.91 Å².